The monoisotopic (exact) mass is 348 g/mol. The van der Waals surface area contributed by atoms with Gasteiger partial charge in [-0.05, 0) is 29.8 Å². The van der Waals surface area contributed by atoms with E-state index in [0.717, 1.165) is 43.4 Å². The molecule has 0 saturated carbocycles. The summed E-state index contributed by atoms with van der Waals surface area (Å²) in [6.07, 6.45) is 1.91. The van der Waals surface area contributed by atoms with Crippen molar-refractivity contribution in [1.82, 2.24) is 9.88 Å². The van der Waals surface area contributed by atoms with Crippen LogP contribution in [-0.4, -0.2) is 23.0 Å². The fourth-order valence-electron chi connectivity index (χ4n) is 3.17. The van der Waals surface area contributed by atoms with Gasteiger partial charge in [-0.15, -0.1) is 0 Å². The van der Waals surface area contributed by atoms with E-state index in [1.165, 1.54) is 23.3 Å². The van der Waals surface area contributed by atoms with E-state index < -0.39 is 0 Å². The molecule has 4 rings (SSSR count). The zero-order chi connectivity index (χ0) is 17.8. The van der Waals surface area contributed by atoms with Crippen LogP contribution in [0.15, 0.2) is 66.9 Å². The molecule has 0 unspecified atom stereocenters. The number of hydrogen-bond acceptors (Lipinski definition) is 4. The second-order valence-electron chi connectivity index (χ2n) is 6.48. The Morgan fingerprint density at radius 2 is 1.88 bits per heavy atom. The minimum Gasteiger partial charge on any atom is -0.383 e. The summed E-state index contributed by atoms with van der Waals surface area (Å²) in [4.78, 5) is 6.94. The van der Waals surface area contributed by atoms with Gasteiger partial charge in [0, 0.05) is 55.4 Å². The van der Waals surface area contributed by atoms with Crippen molar-refractivity contribution in [1.29, 1.82) is 0 Å². The van der Waals surface area contributed by atoms with Crippen LogP contribution < -0.4 is 10.6 Å². The van der Waals surface area contributed by atoms with Gasteiger partial charge in [-0.25, -0.2) is 9.37 Å². The van der Waals surface area contributed by atoms with Crippen LogP contribution in [0.2, 0.25) is 0 Å². The van der Waals surface area contributed by atoms with Gasteiger partial charge in [0.1, 0.15) is 11.6 Å². The number of pyridine rings is 1. The van der Waals surface area contributed by atoms with Crippen LogP contribution >= 0.6 is 0 Å². The van der Waals surface area contributed by atoms with E-state index >= 15 is 0 Å². The molecule has 0 aliphatic carbocycles. The quantitative estimate of drug-likeness (QED) is 0.733. The third kappa shape index (κ3) is 4.00. The van der Waals surface area contributed by atoms with Gasteiger partial charge < -0.3 is 10.6 Å². The predicted octanol–water partition coefficient (Wildman–Crippen LogP) is 4.39. The molecular weight excluding hydrogens is 327 g/mol. The molecule has 1 aromatic heterocycles. The van der Waals surface area contributed by atoms with Gasteiger partial charge in [-0.3, -0.25) is 4.90 Å². The van der Waals surface area contributed by atoms with E-state index in [9.17, 15) is 4.39 Å². The molecule has 4 nitrogen and oxygen atoms in total. The lowest BCUT2D eigenvalue weighted by molar-refractivity contribution is 0.271. The van der Waals surface area contributed by atoms with Gasteiger partial charge in [-0.2, -0.15) is 0 Å². The molecule has 1 aliphatic heterocycles. The smallest absolute Gasteiger partial charge is 0.132 e. The Kier molecular flexibility index (Phi) is 4.80. The molecule has 1 aliphatic rings. The number of nitrogens with zero attached hydrogens (tertiary/aromatic N) is 2. The first kappa shape index (κ1) is 16.5. The van der Waals surface area contributed by atoms with Crippen molar-refractivity contribution in [3.05, 3.63) is 83.8 Å². The molecule has 2 heterocycles. The number of aromatic nitrogens is 1. The first-order valence-corrected chi connectivity index (χ1v) is 8.78. The molecule has 26 heavy (non-hydrogen) atoms. The number of rotatable bonds is 4. The van der Waals surface area contributed by atoms with Crippen molar-refractivity contribution in [3.63, 3.8) is 0 Å². The standard InChI is InChI=1S/C21H21FN4/c22-18-6-8-19(9-7-18)25-21-12-20-17(13-24-21)15-26(11-10-23-20)14-16-4-2-1-3-5-16/h1-9,12-13,23H,10-11,14-15H2,(H,24,25). The summed E-state index contributed by atoms with van der Waals surface area (Å²) in [5.41, 5.74) is 4.42. The Bertz CT molecular complexity index is 865. The zero-order valence-electron chi connectivity index (χ0n) is 14.5. The van der Waals surface area contributed by atoms with Crippen molar-refractivity contribution in [2.75, 3.05) is 23.7 Å². The molecule has 0 saturated heterocycles. The van der Waals surface area contributed by atoms with Crippen molar-refractivity contribution in [2.45, 2.75) is 13.1 Å². The van der Waals surface area contributed by atoms with Crippen LogP contribution in [0.5, 0.6) is 0 Å². The lowest BCUT2D eigenvalue weighted by Crippen LogP contribution is -2.25. The number of hydrogen-bond donors (Lipinski definition) is 2. The van der Waals surface area contributed by atoms with Crippen LogP contribution in [0.3, 0.4) is 0 Å². The van der Waals surface area contributed by atoms with Crippen molar-refractivity contribution in [3.8, 4) is 0 Å². The highest BCUT2D eigenvalue weighted by Crippen LogP contribution is 2.25. The summed E-state index contributed by atoms with van der Waals surface area (Å²) in [7, 11) is 0. The SMILES string of the molecule is Fc1ccc(Nc2cc3c(cn2)CN(Cc2ccccc2)CCN3)cc1. The van der Waals surface area contributed by atoms with Crippen LogP contribution in [0.1, 0.15) is 11.1 Å². The second kappa shape index (κ2) is 7.54. The number of benzene rings is 2. The lowest BCUT2D eigenvalue weighted by atomic mass is 10.2. The molecule has 0 bridgehead atoms. The summed E-state index contributed by atoms with van der Waals surface area (Å²) in [5, 5.41) is 6.72. The average molecular weight is 348 g/mol. The summed E-state index contributed by atoms with van der Waals surface area (Å²) in [5.74, 6) is 0.505. The highest BCUT2D eigenvalue weighted by atomic mass is 19.1. The summed E-state index contributed by atoms with van der Waals surface area (Å²) >= 11 is 0. The summed E-state index contributed by atoms with van der Waals surface area (Å²) in [6.45, 7) is 3.66. The molecule has 3 aromatic rings. The Morgan fingerprint density at radius 3 is 2.69 bits per heavy atom. The van der Waals surface area contributed by atoms with Crippen molar-refractivity contribution >= 4 is 17.2 Å². The molecule has 0 fully saturated rings. The van der Waals surface area contributed by atoms with E-state index in [0.29, 0.717) is 0 Å². The topological polar surface area (TPSA) is 40.2 Å². The molecule has 0 spiro atoms. The number of anilines is 3. The van der Waals surface area contributed by atoms with Crippen LogP contribution in [0.25, 0.3) is 0 Å². The van der Waals surface area contributed by atoms with E-state index in [1.54, 1.807) is 12.1 Å². The second-order valence-corrected chi connectivity index (χ2v) is 6.48. The number of halogens is 1. The van der Waals surface area contributed by atoms with E-state index in [2.05, 4.69) is 44.8 Å². The van der Waals surface area contributed by atoms with E-state index in [1.807, 2.05) is 18.3 Å². The van der Waals surface area contributed by atoms with E-state index in [4.69, 9.17) is 0 Å². The van der Waals surface area contributed by atoms with Gasteiger partial charge in [0.05, 0.1) is 0 Å². The molecule has 0 radical (unpaired) electrons. The molecule has 132 valence electrons. The van der Waals surface area contributed by atoms with Crippen LogP contribution in [0.4, 0.5) is 21.6 Å². The molecule has 5 heteroatoms. The Balaban J connectivity index is 1.48. The first-order chi connectivity index (χ1) is 12.8. The number of nitrogens with one attached hydrogen (secondary N) is 2. The largest absolute Gasteiger partial charge is 0.383 e. The molecule has 0 atom stereocenters. The maximum atomic E-state index is 13.0. The highest BCUT2D eigenvalue weighted by molar-refractivity contribution is 5.63. The maximum Gasteiger partial charge on any atom is 0.132 e. The van der Waals surface area contributed by atoms with Crippen LogP contribution in [0, 0.1) is 5.82 Å². The molecular formula is C21H21FN4. The molecule has 2 aromatic carbocycles. The minimum atomic E-state index is -0.245. The Hall–Kier alpha value is -2.92. The zero-order valence-corrected chi connectivity index (χ0v) is 14.5. The Labute approximate surface area is 152 Å². The first-order valence-electron chi connectivity index (χ1n) is 8.78. The van der Waals surface area contributed by atoms with Crippen LogP contribution in [-0.2, 0) is 13.1 Å². The highest BCUT2D eigenvalue weighted by Gasteiger charge is 2.15. The van der Waals surface area contributed by atoms with Gasteiger partial charge in [-0.1, -0.05) is 30.3 Å². The number of fused-ring (bicyclic) bond motifs is 1. The van der Waals surface area contributed by atoms with Gasteiger partial charge in [0.15, 0.2) is 0 Å². The third-order valence-corrected chi connectivity index (χ3v) is 4.49. The average Bonchev–Trinajstić information content (AvgIpc) is 2.86. The molecule has 2 N–H and O–H groups in total. The van der Waals surface area contributed by atoms with Crippen molar-refractivity contribution in [2.24, 2.45) is 0 Å². The minimum absolute atomic E-state index is 0.245. The Morgan fingerprint density at radius 1 is 1.08 bits per heavy atom. The lowest BCUT2D eigenvalue weighted by Gasteiger charge is -2.19. The third-order valence-electron chi connectivity index (χ3n) is 4.49. The summed E-state index contributed by atoms with van der Waals surface area (Å²) in [6, 6.07) is 18.8. The molecule has 0 amide bonds. The van der Waals surface area contributed by atoms with Gasteiger partial charge in [0.25, 0.3) is 0 Å². The van der Waals surface area contributed by atoms with Gasteiger partial charge in [0.2, 0.25) is 0 Å². The summed E-state index contributed by atoms with van der Waals surface area (Å²) < 4.78 is 13.0. The van der Waals surface area contributed by atoms with E-state index in [-0.39, 0.29) is 5.82 Å². The van der Waals surface area contributed by atoms with Gasteiger partial charge >= 0.3 is 0 Å². The fraction of sp³-hybridized carbons (Fsp3) is 0.190. The predicted molar refractivity (Wildman–Crippen MR) is 103 cm³/mol. The van der Waals surface area contributed by atoms with Crippen molar-refractivity contribution < 1.29 is 4.39 Å². The fourth-order valence-corrected chi connectivity index (χ4v) is 3.17. The normalized spacial score (nSPS) is 14.2. The maximum absolute atomic E-state index is 13.0.